The minimum Gasteiger partial charge on any atom is -0.493 e. The number of carbonyl (C=O) groups is 2. The predicted octanol–water partition coefficient (Wildman–Crippen LogP) is 2.52. The second kappa shape index (κ2) is 11.3. The third kappa shape index (κ3) is 7.77. The van der Waals surface area contributed by atoms with Crippen LogP contribution < -0.4 is 9.47 Å². The number of methoxy groups -OCH3 is 1. The van der Waals surface area contributed by atoms with Crippen LogP contribution in [0.4, 0.5) is 8.78 Å². The molecule has 0 radical (unpaired) electrons. The van der Waals surface area contributed by atoms with Crippen molar-refractivity contribution in [1.29, 1.82) is 0 Å². The Hall–Kier alpha value is -2.69. The standard InChI is InChI=1S/C21H27F2NO7S/c1-14(2)11-24(16-8-9-32(27,28)13-16)19(25)12-30-20(26)7-5-15-4-6-17(31-21(22)23)18(10-15)29-3/h4-7,10,14,16,21H,8-9,11-13H2,1-3H3/b7-5+. The number of carbonyl (C=O) groups excluding carboxylic acids is 2. The first-order valence-corrected chi connectivity index (χ1v) is 11.8. The number of amides is 1. The van der Waals surface area contributed by atoms with Gasteiger partial charge in [-0.1, -0.05) is 19.9 Å². The molecule has 0 spiro atoms. The van der Waals surface area contributed by atoms with Gasteiger partial charge in [-0.3, -0.25) is 4.79 Å². The van der Waals surface area contributed by atoms with E-state index in [-0.39, 0.29) is 28.9 Å². The molecule has 0 bridgehead atoms. The largest absolute Gasteiger partial charge is 0.493 e. The third-order valence-electron chi connectivity index (χ3n) is 4.68. The molecule has 2 rings (SSSR count). The van der Waals surface area contributed by atoms with Gasteiger partial charge in [0.05, 0.1) is 18.6 Å². The Morgan fingerprint density at radius 1 is 1.25 bits per heavy atom. The smallest absolute Gasteiger partial charge is 0.387 e. The van der Waals surface area contributed by atoms with Gasteiger partial charge in [-0.05, 0) is 36.1 Å². The van der Waals surface area contributed by atoms with E-state index in [1.807, 2.05) is 13.8 Å². The summed E-state index contributed by atoms with van der Waals surface area (Å²) in [5.41, 5.74) is 0.462. The first kappa shape index (κ1) is 25.6. The Morgan fingerprint density at radius 3 is 2.53 bits per heavy atom. The Morgan fingerprint density at radius 2 is 1.97 bits per heavy atom. The minimum atomic E-state index is -3.17. The molecule has 1 atom stereocenters. The molecule has 1 aromatic carbocycles. The molecule has 0 aromatic heterocycles. The van der Waals surface area contributed by atoms with Crippen LogP contribution in [0.15, 0.2) is 24.3 Å². The van der Waals surface area contributed by atoms with Crippen LogP contribution in [0.2, 0.25) is 0 Å². The molecule has 32 heavy (non-hydrogen) atoms. The Bertz CT molecular complexity index is 947. The Labute approximate surface area is 186 Å². The minimum absolute atomic E-state index is 0.0344. The molecule has 0 N–H and O–H groups in total. The van der Waals surface area contributed by atoms with E-state index in [0.29, 0.717) is 18.5 Å². The van der Waals surface area contributed by atoms with Crippen LogP contribution >= 0.6 is 0 Å². The molecule has 0 aliphatic carbocycles. The number of hydrogen-bond donors (Lipinski definition) is 0. The number of nitrogens with zero attached hydrogens (tertiary/aromatic N) is 1. The van der Waals surface area contributed by atoms with Gasteiger partial charge >= 0.3 is 12.6 Å². The lowest BCUT2D eigenvalue weighted by Gasteiger charge is -2.29. The molecule has 178 valence electrons. The summed E-state index contributed by atoms with van der Waals surface area (Å²) < 4.78 is 62.7. The van der Waals surface area contributed by atoms with E-state index in [4.69, 9.17) is 9.47 Å². The zero-order valence-electron chi connectivity index (χ0n) is 18.1. The highest BCUT2D eigenvalue weighted by Gasteiger charge is 2.35. The molecule has 1 aromatic rings. The third-order valence-corrected chi connectivity index (χ3v) is 6.44. The van der Waals surface area contributed by atoms with Gasteiger partial charge < -0.3 is 19.1 Å². The lowest BCUT2D eigenvalue weighted by molar-refractivity contribution is -0.149. The number of halogens is 2. The van der Waals surface area contributed by atoms with Gasteiger partial charge in [0, 0.05) is 18.7 Å². The summed E-state index contributed by atoms with van der Waals surface area (Å²) in [4.78, 5) is 26.1. The monoisotopic (exact) mass is 475 g/mol. The number of ether oxygens (including phenoxy) is 3. The van der Waals surface area contributed by atoms with E-state index in [2.05, 4.69) is 4.74 Å². The number of sulfone groups is 1. The van der Waals surface area contributed by atoms with Crippen molar-refractivity contribution < 1.29 is 41.0 Å². The maximum Gasteiger partial charge on any atom is 0.387 e. The summed E-state index contributed by atoms with van der Waals surface area (Å²) in [6.45, 7) is 0.655. The van der Waals surface area contributed by atoms with Crippen LogP contribution in [0, 0.1) is 5.92 Å². The van der Waals surface area contributed by atoms with Gasteiger partial charge in [0.15, 0.2) is 27.9 Å². The fourth-order valence-corrected chi connectivity index (χ4v) is 5.01. The summed E-state index contributed by atoms with van der Waals surface area (Å²) in [6, 6.07) is 3.70. The molecular weight excluding hydrogens is 448 g/mol. The zero-order valence-corrected chi connectivity index (χ0v) is 18.9. The van der Waals surface area contributed by atoms with Gasteiger partial charge in [0.2, 0.25) is 0 Å². The van der Waals surface area contributed by atoms with E-state index < -0.39 is 41.0 Å². The summed E-state index contributed by atoms with van der Waals surface area (Å²) in [5, 5.41) is 0. The van der Waals surface area contributed by atoms with Gasteiger partial charge in [-0.25, -0.2) is 13.2 Å². The summed E-state index contributed by atoms with van der Waals surface area (Å²) >= 11 is 0. The second-order valence-electron chi connectivity index (χ2n) is 7.73. The normalized spacial score (nSPS) is 17.7. The average Bonchev–Trinajstić information content (AvgIpc) is 3.08. The van der Waals surface area contributed by atoms with E-state index in [1.165, 1.54) is 36.3 Å². The molecule has 1 aliphatic heterocycles. The fourth-order valence-electron chi connectivity index (χ4n) is 3.28. The topological polar surface area (TPSA) is 99.2 Å². The van der Waals surface area contributed by atoms with Crippen LogP contribution in [-0.4, -0.2) is 69.6 Å². The summed E-state index contributed by atoms with van der Waals surface area (Å²) in [7, 11) is -1.88. The molecular formula is C21H27F2NO7S. The molecule has 1 saturated heterocycles. The van der Waals surface area contributed by atoms with Crippen molar-refractivity contribution >= 4 is 27.8 Å². The number of alkyl halides is 2. The van der Waals surface area contributed by atoms with Crippen molar-refractivity contribution in [2.24, 2.45) is 5.92 Å². The fraction of sp³-hybridized carbons (Fsp3) is 0.524. The van der Waals surface area contributed by atoms with E-state index in [1.54, 1.807) is 0 Å². The van der Waals surface area contributed by atoms with Crippen LogP contribution in [0.1, 0.15) is 25.8 Å². The molecule has 11 heteroatoms. The molecule has 1 heterocycles. The molecule has 1 fully saturated rings. The van der Waals surface area contributed by atoms with Crippen LogP contribution in [0.3, 0.4) is 0 Å². The van der Waals surface area contributed by atoms with Crippen molar-refractivity contribution in [3.8, 4) is 11.5 Å². The first-order chi connectivity index (χ1) is 15.0. The Kier molecular flexibility index (Phi) is 8.99. The van der Waals surface area contributed by atoms with E-state index in [9.17, 15) is 26.8 Å². The van der Waals surface area contributed by atoms with Crippen LogP contribution in [-0.2, 0) is 24.2 Å². The van der Waals surface area contributed by atoms with Crippen molar-refractivity contribution in [1.82, 2.24) is 4.90 Å². The lowest BCUT2D eigenvalue weighted by atomic mass is 10.1. The highest BCUT2D eigenvalue weighted by Crippen LogP contribution is 2.29. The van der Waals surface area contributed by atoms with Crippen molar-refractivity contribution in [2.45, 2.75) is 32.9 Å². The summed E-state index contributed by atoms with van der Waals surface area (Å²) in [5.74, 6) is -1.27. The molecule has 0 saturated carbocycles. The molecule has 1 unspecified atom stereocenters. The predicted molar refractivity (Wildman–Crippen MR) is 113 cm³/mol. The van der Waals surface area contributed by atoms with Gasteiger partial charge in [-0.2, -0.15) is 8.78 Å². The van der Waals surface area contributed by atoms with Crippen LogP contribution in [0.25, 0.3) is 6.08 Å². The number of hydrogen-bond acceptors (Lipinski definition) is 7. The molecule has 8 nitrogen and oxygen atoms in total. The molecule has 1 aliphatic rings. The van der Waals surface area contributed by atoms with Crippen molar-refractivity contribution in [3.63, 3.8) is 0 Å². The number of esters is 1. The first-order valence-electron chi connectivity index (χ1n) is 9.98. The number of rotatable bonds is 10. The molecule has 1 amide bonds. The van der Waals surface area contributed by atoms with Gasteiger partial charge in [-0.15, -0.1) is 0 Å². The number of benzene rings is 1. The average molecular weight is 476 g/mol. The van der Waals surface area contributed by atoms with E-state index >= 15 is 0 Å². The van der Waals surface area contributed by atoms with Gasteiger partial charge in [0.25, 0.3) is 5.91 Å². The SMILES string of the molecule is COc1cc(/C=C/C(=O)OCC(=O)N(CC(C)C)C2CCS(=O)(=O)C2)ccc1OC(F)F. The second-order valence-corrected chi connectivity index (χ2v) is 9.96. The van der Waals surface area contributed by atoms with E-state index in [0.717, 1.165) is 6.08 Å². The highest BCUT2D eigenvalue weighted by molar-refractivity contribution is 7.91. The van der Waals surface area contributed by atoms with Gasteiger partial charge in [0.1, 0.15) is 0 Å². The summed E-state index contributed by atoms with van der Waals surface area (Å²) in [6.07, 6.45) is 2.82. The quantitative estimate of drug-likeness (QED) is 0.379. The zero-order chi connectivity index (χ0) is 23.9. The lowest BCUT2D eigenvalue weighted by Crippen LogP contribution is -2.45. The van der Waals surface area contributed by atoms with Crippen LogP contribution in [0.5, 0.6) is 11.5 Å². The maximum absolute atomic E-state index is 12.6. The van der Waals surface area contributed by atoms with Crippen molar-refractivity contribution in [3.05, 3.63) is 29.8 Å². The van der Waals surface area contributed by atoms with Crippen molar-refractivity contribution in [2.75, 3.05) is 31.8 Å². The Balaban J connectivity index is 1.97. The maximum atomic E-state index is 12.6. The highest BCUT2D eigenvalue weighted by atomic mass is 32.2.